The van der Waals surface area contributed by atoms with Crippen LogP contribution >= 0.6 is 0 Å². The fourth-order valence-electron chi connectivity index (χ4n) is 2.08. The molecule has 0 bridgehead atoms. The van der Waals surface area contributed by atoms with E-state index in [1.165, 1.54) is 0 Å². The Kier molecular flexibility index (Phi) is 14.1. The molecule has 0 saturated heterocycles. The first-order valence-corrected chi connectivity index (χ1v) is 8.36. The monoisotopic (exact) mass is 366 g/mol. The summed E-state index contributed by atoms with van der Waals surface area (Å²) in [4.78, 5) is 32.1. The van der Waals surface area contributed by atoms with Gasteiger partial charge < -0.3 is 14.5 Å². The highest BCUT2D eigenvalue weighted by Crippen LogP contribution is 1.98. The van der Waals surface area contributed by atoms with Crippen molar-refractivity contribution in [3.05, 3.63) is 33.5 Å². The van der Waals surface area contributed by atoms with Crippen LogP contribution in [-0.2, 0) is 14.3 Å². The number of hydrogen-bond acceptors (Lipinski definition) is 5. The zero-order valence-corrected chi connectivity index (χ0v) is 15.2. The van der Waals surface area contributed by atoms with Crippen LogP contribution in [0.15, 0.2) is 22.9 Å². The molecule has 11 nitrogen and oxygen atoms in total. The Balaban J connectivity index is 4.32. The smallest absolute Gasteiger partial charge is 0.228 e. The minimum absolute atomic E-state index is 0.209. The molecular formula is C15H26N8O3. The van der Waals surface area contributed by atoms with Crippen molar-refractivity contribution in [3.8, 4) is 0 Å². The van der Waals surface area contributed by atoms with Gasteiger partial charge in [-0.3, -0.25) is 9.59 Å². The minimum atomic E-state index is -0.273. The molecular weight excluding hydrogens is 340 g/mol. The lowest BCUT2D eigenvalue weighted by atomic mass is 10.3. The Morgan fingerprint density at radius 1 is 1.00 bits per heavy atom. The van der Waals surface area contributed by atoms with Gasteiger partial charge in [0.25, 0.3) is 0 Å². The van der Waals surface area contributed by atoms with Crippen molar-refractivity contribution in [2.75, 3.05) is 52.5 Å². The first-order chi connectivity index (χ1) is 12.6. The predicted molar refractivity (Wildman–Crippen MR) is 97.1 cm³/mol. The second kappa shape index (κ2) is 15.8. The summed E-state index contributed by atoms with van der Waals surface area (Å²) < 4.78 is 5.51. The van der Waals surface area contributed by atoms with Crippen LogP contribution in [0.25, 0.3) is 20.9 Å². The SMILES string of the molecule is C=CCCN(CCOCCN(CCC)C(=O)CN=[N+]=[N-])C(=O)CN=[N+]=[N-]. The van der Waals surface area contributed by atoms with Crippen molar-refractivity contribution in [3.63, 3.8) is 0 Å². The third kappa shape index (κ3) is 10.9. The van der Waals surface area contributed by atoms with E-state index >= 15 is 0 Å². The molecule has 0 aromatic rings. The topological polar surface area (TPSA) is 147 Å². The lowest BCUT2D eigenvalue weighted by Crippen LogP contribution is -2.38. The Bertz CT molecular complexity index is 541. The molecule has 0 aromatic heterocycles. The summed E-state index contributed by atoms with van der Waals surface area (Å²) in [6, 6.07) is 0. The van der Waals surface area contributed by atoms with Crippen molar-refractivity contribution in [2.45, 2.75) is 19.8 Å². The van der Waals surface area contributed by atoms with Crippen molar-refractivity contribution in [1.29, 1.82) is 0 Å². The van der Waals surface area contributed by atoms with E-state index in [2.05, 4.69) is 26.6 Å². The van der Waals surface area contributed by atoms with Crippen LogP contribution in [0, 0.1) is 0 Å². The van der Waals surface area contributed by atoms with E-state index in [4.69, 9.17) is 15.8 Å². The van der Waals surface area contributed by atoms with E-state index < -0.39 is 0 Å². The molecule has 0 rings (SSSR count). The third-order valence-corrected chi connectivity index (χ3v) is 3.35. The summed E-state index contributed by atoms with van der Waals surface area (Å²) in [5.74, 6) is -0.518. The standard InChI is InChI=1S/C15H26N8O3/c1-3-5-7-23(15(25)13-19-21-17)9-11-26-10-8-22(6-4-2)14(24)12-18-20-16/h3H,1,4-13H2,2H3. The number of rotatable bonds is 15. The number of carbonyl (C=O) groups is 2. The molecule has 0 aliphatic heterocycles. The predicted octanol–water partition coefficient (Wildman–Crippen LogP) is 2.27. The van der Waals surface area contributed by atoms with Crippen LogP contribution in [0.1, 0.15) is 19.8 Å². The molecule has 144 valence electrons. The fraction of sp³-hybridized carbons (Fsp3) is 0.733. The molecule has 0 unspecified atom stereocenters. The van der Waals surface area contributed by atoms with E-state index in [1.807, 2.05) is 6.92 Å². The van der Waals surface area contributed by atoms with Crippen LogP contribution in [-0.4, -0.2) is 74.1 Å². The minimum Gasteiger partial charge on any atom is -0.378 e. The van der Waals surface area contributed by atoms with Crippen molar-refractivity contribution < 1.29 is 14.3 Å². The quantitative estimate of drug-likeness (QED) is 0.144. The Morgan fingerprint density at radius 2 is 1.50 bits per heavy atom. The number of nitrogens with zero attached hydrogens (tertiary/aromatic N) is 8. The fourth-order valence-corrected chi connectivity index (χ4v) is 2.08. The van der Waals surface area contributed by atoms with Crippen molar-refractivity contribution in [2.24, 2.45) is 10.2 Å². The number of ether oxygens (including phenoxy) is 1. The molecule has 0 aliphatic rings. The zero-order valence-electron chi connectivity index (χ0n) is 15.2. The van der Waals surface area contributed by atoms with E-state index in [-0.39, 0.29) is 24.9 Å². The lowest BCUT2D eigenvalue weighted by Gasteiger charge is -2.23. The average Bonchev–Trinajstić information content (AvgIpc) is 2.65. The summed E-state index contributed by atoms with van der Waals surface area (Å²) in [5, 5.41) is 6.55. The van der Waals surface area contributed by atoms with Crippen molar-refractivity contribution in [1.82, 2.24) is 9.80 Å². The highest BCUT2D eigenvalue weighted by molar-refractivity contribution is 5.78. The van der Waals surface area contributed by atoms with Crippen LogP contribution in [0.5, 0.6) is 0 Å². The summed E-state index contributed by atoms with van der Waals surface area (Å²) >= 11 is 0. The Hall–Kier alpha value is -2.74. The van der Waals surface area contributed by atoms with E-state index in [9.17, 15) is 9.59 Å². The van der Waals surface area contributed by atoms with Crippen molar-refractivity contribution >= 4 is 11.8 Å². The molecule has 11 heteroatoms. The maximum atomic E-state index is 11.9. The molecule has 0 atom stereocenters. The molecule has 0 radical (unpaired) electrons. The molecule has 0 heterocycles. The van der Waals surface area contributed by atoms with E-state index in [0.717, 1.165) is 6.42 Å². The number of hydrogen-bond donors (Lipinski definition) is 0. The number of amides is 2. The van der Waals surface area contributed by atoms with Gasteiger partial charge in [0.05, 0.1) is 13.2 Å². The summed E-state index contributed by atoms with van der Waals surface area (Å²) in [7, 11) is 0. The Labute approximate surface area is 152 Å². The molecule has 0 N–H and O–H groups in total. The highest BCUT2D eigenvalue weighted by atomic mass is 16.5. The summed E-state index contributed by atoms with van der Waals surface area (Å²) in [6.45, 7) is 7.49. The summed E-state index contributed by atoms with van der Waals surface area (Å²) in [5.41, 5.74) is 16.6. The van der Waals surface area contributed by atoms with Gasteiger partial charge in [0.2, 0.25) is 11.8 Å². The van der Waals surface area contributed by atoms with Gasteiger partial charge in [-0.25, -0.2) is 0 Å². The van der Waals surface area contributed by atoms with Gasteiger partial charge in [-0.15, -0.1) is 6.58 Å². The second-order valence-electron chi connectivity index (χ2n) is 5.23. The van der Waals surface area contributed by atoms with Gasteiger partial charge in [0, 0.05) is 36.0 Å². The molecule has 0 aliphatic carbocycles. The van der Waals surface area contributed by atoms with E-state index in [0.29, 0.717) is 45.8 Å². The highest BCUT2D eigenvalue weighted by Gasteiger charge is 2.13. The largest absolute Gasteiger partial charge is 0.378 e. The molecule has 0 fully saturated rings. The second-order valence-corrected chi connectivity index (χ2v) is 5.23. The van der Waals surface area contributed by atoms with Gasteiger partial charge in [-0.2, -0.15) is 0 Å². The maximum absolute atomic E-state index is 11.9. The van der Waals surface area contributed by atoms with Gasteiger partial charge in [-0.05, 0) is 23.9 Å². The molecule has 0 saturated carbocycles. The normalized spacial score (nSPS) is 9.58. The Morgan fingerprint density at radius 3 is 1.92 bits per heavy atom. The maximum Gasteiger partial charge on any atom is 0.228 e. The van der Waals surface area contributed by atoms with E-state index in [1.54, 1.807) is 15.9 Å². The lowest BCUT2D eigenvalue weighted by molar-refractivity contribution is -0.130. The van der Waals surface area contributed by atoms with Gasteiger partial charge in [-0.1, -0.05) is 23.2 Å². The molecule has 26 heavy (non-hydrogen) atoms. The van der Waals surface area contributed by atoms with Gasteiger partial charge in [0.1, 0.15) is 13.1 Å². The molecule has 0 spiro atoms. The van der Waals surface area contributed by atoms with Crippen LogP contribution in [0.3, 0.4) is 0 Å². The average molecular weight is 366 g/mol. The number of carbonyl (C=O) groups excluding carboxylic acids is 2. The number of azide groups is 2. The summed E-state index contributed by atoms with van der Waals surface area (Å²) in [6.07, 6.45) is 3.11. The molecule has 2 amide bonds. The first kappa shape index (κ1) is 23.3. The third-order valence-electron chi connectivity index (χ3n) is 3.35. The van der Waals surface area contributed by atoms with Gasteiger partial charge >= 0.3 is 0 Å². The first-order valence-electron chi connectivity index (χ1n) is 8.36. The van der Waals surface area contributed by atoms with Crippen LogP contribution in [0.2, 0.25) is 0 Å². The molecule has 0 aromatic carbocycles. The van der Waals surface area contributed by atoms with Crippen LogP contribution in [0.4, 0.5) is 0 Å². The van der Waals surface area contributed by atoms with Gasteiger partial charge in [0.15, 0.2) is 0 Å². The zero-order chi connectivity index (χ0) is 19.6. The van der Waals surface area contributed by atoms with Crippen LogP contribution < -0.4 is 0 Å².